The molecule has 1 rings (SSSR count). The van der Waals surface area contributed by atoms with Crippen LogP contribution in [0.4, 0.5) is 0 Å². The van der Waals surface area contributed by atoms with E-state index in [2.05, 4.69) is 71.7 Å². The lowest BCUT2D eigenvalue weighted by atomic mass is 9.85. The Balaban J connectivity index is 3.01. The van der Waals surface area contributed by atoms with E-state index in [9.17, 15) is 5.11 Å². The van der Waals surface area contributed by atoms with Crippen molar-refractivity contribution in [2.24, 2.45) is 0 Å². The highest BCUT2D eigenvalue weighted by molar-refractivity contribution is 5.34. The highest BCUT2D eigenvalue weighted by Crippen LogP contribution is 2.26. The van der Waals surface area contributed by atoms with Crippen LogP contribution in [0.5, 0.6) is 0 Å². The number of aliphatic hydroxyl groups excluding tert-OH is 1. The van der Waals surface area contributed by atoms with Crippen LogP contribution in [0.3, 0.4) is 0 Å². The van der Waals surface area contributed by atoms with Gasteiger partial charge in [-0.1, -0.05) is 39.0 Å². The lowest BCUT2D eigenvalue weighted by Crippen LogP contribution is -2.43. The Kier molecular flexibility index (Phi) is 4.81. The Morgan fingerprint density at radius 3 is 2.16 bits per heavy atom. The predicted molar refractivity (Wildman–Crippen MR) is 82.5 cm³/mol. The summed E-state index contributed by atoms with van der Waals surface area (Å²) in [6.07, 6.45) is 0. The average Bonchev–Trinajstić information content (AvgIpc) is 2.30. The van der Waals surface area contributed by atoms with Crippen LogP contribution in [0.15, 0.2) is 18.2 Å². The first-order valence-corrected chi connectivity index (χ1v) is 7.00. The van der Waals surface area contributed by atoms with Crippen molar-refractivity contribution in [3.05, 3.63) is 34.9 Å². The zero-order chi connectivity index (χ0) is 14.8. The number of aliphatic hydroxyl groups is 1. The first-order chi connectivity index (χ1) is 8.58. The number of nitrogens with zero attached hydrogens (tertiary/aromatic N) is 1. The smallest absolute Gasteiger partial charge is 0.0610 e. The SMILES string of the molecule is Cc1ccc(C(C)(C)C)cc1CN(C)C(C)(C)CO. The van der Waals surface area contributed by atoms with E-state index in [0.717, 1.165) is 6.54 Å². The third-order valence-electron chi connectivity index (χ3n) is 4.04. The fourth-order valence-electron chi connectivity index (χ4n) is 1.90. The van der Waals surface area contributed by atoms with Crippen LogP contribution in [0.1, 0.15) is 51.3 Å². The van der Waals surface area contributed by atoms with Crippen molar-refractivity contribution < 1.29 is 5.11 Å². The molecule has 0 spiro atoms. The van der Waals surface area contributed by atoms with E-state index in [4.69, 9.17) is 0 Å². The van der Waals surface area contributed by atoms with Crippen LogP contribution >= 0.6 is 0 Å². The van der Waals surface area contributed by atoms with Crippen LogP contribution < -0.4 is 0 Å². The van der Waals surface area contributed by atoms with Gasteiger partial charge in [0.2, 0.25) is 0 Å². The Bertz CT molecular complexity index is 429. The molecule has 0 atom stereocenters. The van der Waals surface area contributed by atoms with Crippen molar-refractivity contribution in [2.75, 3.05) is 13.7 Å². The second-order valence-electron chi connectivity index (χ2n) is 7.22. The molecule has 0 aliphatic heterocycles. The molecule has 2 heteroatoms. The minimum Gasteiger partial charge on any atom is -0.394 e. The summed E-state index contributed by atoms with van der Waals surface area (Å²) in [5.41, 5.74) is 4.01. The van der Waals surface area contributed by atoms with Gasteiger partial charge in [0.05, 0.1) is 6.61 Å². The number of hydrogen-bond donors (Lipinski definition) is 1. The van der Waals surface area contributed by atoms with E-state index in [0.29, 0.717) is 0 Å². The predicted octanol–water partition coefficient (Wildman–Crippen LogP) is 3.50. The number of hydrogen-bond acceptors (Lipinski definition) is 2. The van der Waals surface area contributed by atoms with Crippen molar-refractivity contribution in [1.29, 1.82) is 0 Å². The summed E-state index contributed by atoms with van der Waals surface area (Å²) in [7, 11) is 2.07. The molecule has 108 valence electrons. The maximum Gasteiger partial charge on any atom is 0.0610 e. The summed E-state index contributed by atoms with van der Waals surface area (Å²) >= 11 is 0. The summed E-state index contributed by atoms with van der Waals surface area (Å²) in [5, 5.41) is 9.45. The largest absolute Gasteiger partial charge is 0.394 e. The number of rotatable bonds is 4. The van der Waals surface area contributed by atoms with Gasteiger partial charge in [-0.25, -0.2) is 0 Å². The van der Waals surface area contributed by atoms with Crippen LogP contribution in [-0.4, -0.2) is 29.2 Å². The monoisotopic (exact) mass is 263 g/mol. The van der Waals surface area contributed by atoms with Gasteiger partial charge >= 0.3 is 0 Å². The van der Waals surface area contributed by atoms with Gasteiger partial charge in [0.1, 0.15) is 0 Å². The fraction of sp³-hybridized carbons (Fsp3) is 0.647. The molecule has 2 nitrogen and oxygen atoms in total. The first kappa shape index (κ1) is 16.2. The Hall–Kier alpha value is -0.860. The Morgan fingerprint density at radius 1 is 1.11 bits per heavy atom. The van der Waals surface area contributed by atoms with Crippen LogP contribution in [0.2, 0.25) is 0 Å². The molecule has 0 aliphatic rings. The van der Waals surface area contributed by atoms with Crippen LogP contribution in [0, 0.1) is 6.92 Å². The van der Waals surface area contributed by atoms with Gasteiger partial charge in [0, 0.05) is 12.1 Å². The van der Waals surface area contributed by atoms with Gasteiger partial charge < -0.3 is 5.11 Å². The second kappa shape index (κ2) is 5.64. The molecule has 0 saturated carbocycles. The second-order valence-corrected chi connectivity index (χ2v) is 7.22. The van der Waals surface area contributed by atoms with E-state index < -0.39 is 0 Å². The molecule has 1 aromatic rings. The maximum absolute atomic E-state index is 9.45. The van der Waals surface area contributed by atoms with Gasteiger partial charge in [0.25, 0.3) is 0 Å². The number of aryl methyl sites for hydroxylation is 1. The van der Waals surface area contributed by atoms with E-state index in [1.165, 1.54) is 16.7 Å². The highest BCUT2D eigenvalue weighted by atomic mass is 16.3. The van der Waals surface area contributed by atoms with Crippen LogP contribution in [-0.2, 0) is 12.0 Å². The van der Waals surface area contributed by atoms with E-state index in [-0.39, 0.29) is 17.6 Å². The third-order valence-corrected chi connectivity index (χ3v) is 4.04. The lowest BCUT2D eigenvalue weighted by molar-refractivity contribution is 0.0732. The van der Waals surface area contributed by atoms with Crippen molar-refractivity contribution in [2.45, 2.75) is 59.0 Å². The number of benzene rings is 1. The third kappa shape index (κ3) is 4.05. The zero-order valence-electron chi connectivity index (χ0n) is 13.5. The molecule has 0 bridgehead atoms. The van der Waals surface area contributed by atoms with Gasteiger partial charge in [-0.05, 0) is 49.9 Å². The van der Waals surface area contributed by atoms with Gasteiger partial charge in [-0.15, -0.1) is 0 Å². The molecule has 1 aromatic carbocycles. The Labute approximate surface area is 118 Å². The molecule has 0 saturated heterocycles. The first-order valence-electron chi connectivity index (χ1n) is 7.00. The van der Waals surface area contributed by atoms with Gasteiger partial charge in [-0.2, -0.15) is 0 Å². The van der Waals surface area contributed by atoms with E-state index in [1.54, 1.807) is 0 Å². The molecule has 0 amide bonds. The summed E-state index contributed by atoms with van der Waals surface area (Å²) in [6.45, 7) is 14.0. The minimum absolute atomic E-state index is 0.168. The quantitative estimate of drug-likeness (QED) is 0.899. The normalized spacial score (nSPS) is 13.1. The molecular weight excluding hydrogens is 234 g/mol. The molecule has 19 heavy (non-hydrogen) atoms. The molecule has 0 radical (unpaired) electrons. The molecule has 0 aromatic heterocycles. The van der Waals surface area contributed by atoms with Crippen molar-refractivity contribution in [1.82, 2.24) is 4.90 Å². The molecule has 0 fully saturated rings. The molecule has 0 aliphatic carbocycles. The highest BCUT2D eigenvalue weighted by Gasteiger charge is 2.23. The summed E-state index contributed by atoms with van der Waals surface area (Å²) in [5.74, 6) is 0. The fourth-order valence-corrected chi connectivity index (χ4v) is 1.90. The number of likely N-dealkylation sites (N-methyl/N-ethyl adjacent to an activating group) is 1. The summed E-state index contributed by atoms with van der Waals surface area (Å²) < 4.78 is 0. The zero-order valence-corrected chi connectivity index (χ0v) is 13.5. The molecule has 1 N–H and O–H groups in total. The van der Waals surface area contributed by atoms with Crippen LogP contribution in [0.25, 0.3) is 0 Å². The summed E-state index contributed by atoms with van der Waals surface area (Å²) in [6, 6.07) is 6.73. The average molecular weight is 263 g/mol. The summed E-state index contributed by atoms with van der Waals surface area (Å²) in [4.78, 5) is 2.21. The van der Waals surface area contributed by atoms with E-state index in [1.807, 2.05) is 0 Å². The van der Waals surface area contributed by atoms with E-state index >= 15 is 0 Å². The van der Waals surface area contributed by atoms with Gasteiger partial charge in [-0.3, -0.25) is 4.90 Å². The maximum atomic E-state index is 9.45. The topological polar surface area (TPSA) is 23.5 Å². The van der Waals surface area contributed by atoms with Crippen molar-refractivity contribution in [3.63, 3.8) is 0 Å². The minimum atomic E-state index is -0.190. The van der Waals surface area contributed by atoms with Crippen molar-refractivity contribution in [3.8, 4) is 0 Å². The molecule has 0 heterocycles. The lowest BCUT2D eigenvalue weighted by Gasteiger charge is -2.34. The molecular formula is C17H29NO. The molecule has 0 unspecified atom stereocenters. The van der Waals surface area contributed by atoms with Crippen molar-refractivity contribution >= 4 is 0 Å². The van der Waals surface area contributed by atoms with Gasteiger partial charge in [0.15, 0.2) is 0 Å². The standard InChI is InChI=1S/C17H29NO/c1-13-8-9-15(16(2,3)4)10-14(13)11-18(7)17(5,6)12-19/h8-10,19H,11-12H2,1-7H3. The Morgan fingerprint density at radius 2 is 1.68 bits per heavy atom.